The quantitative estimate of drug-likeness (QED) is 0.782. The van der Waals surface area contributed by atoms with Crippen molar-refractivity contribution in [1.82, 2.24) is 14.7 Å². The van der Waals surface area contributed by atoms with Gasteiger partial charge in [-0.15, -0.1) is 0 Å². The average Bonchev–Trinajstić information content (AvgIpc) is 2.91. The van der Waals surface area contributed by atoms with Crippen molar-refractivity contribution >= 4 is 21.8 Å². The third-order valence-corrected chi connectivity index (χ3v) is 4.38. The van der Waals surface area contributed by atoms with Crippen LogP contribution < -0.4 is 0 Å². The van der Waals surface area contributed by atoms with E-state index < -0.39 is 0 Å². The lowest BCUT2D eigenvalue weighted by atomic mass is 10.2. The van der Waals surface area contributed by atoms with Crippen LogP contribution in [0.25, 0.3) is 0 Å². The zero-order valence-corrected chi connectivity index (χ0v) is 13.4. The minimum absolute atomic E-state index is 0.0346. The van der Waals surface area contributed by atoms with Gasteiger partial charge in [-0.2, -0.15) is 0 Å². The van der Waals surface area contributed by atoms with Crippen molar-refractivity contribution in [3.05, 3.63) is 11.1 Å². The number of rotatable bonds is 4. The lowest BCUT2D eigenvalue weighted by Crippen LogP contribution is -2.54. The topological polar surface area (TPSA) is 26.8 Å². The molecule has 108 valence electrons. The Kier molecular flexibility index (Phi) is 5.42. The number of carbonyl (C=O) groups excluding carboxylic acids is 1. The minimum atomic E-state index is 0.0346. The van der Waals surface area contributed by atoms with Crippen molar-refractivity contribution in [3.8, 4) is 0 Å². The summed E-state index contributed by atoms with van der Waals surface area (Å²) in [4.78, 5) is 19.1. The van der Waals surface area contributed by atoms with Crippen molar-refractivity contribution in [3.63, 3.8) is 0 Å². The Morgan fingerprint density at radius 3 is 2.26 bits per heavy atom. The fourth-order valence-corrected chi connectivity index (χ4v) is 3.26. The molecule has 1 atom stereocenters. The molecule has 0 saturated carbocycles. The smallest absolute Gasteiger partial charge is 0.239 e. The summed E-state index contributed by atoms with van der Waals surface area (Å²) in [6.45, 7) is 12.7. The van der Waals surface area contributed by atoms with Crippen molar-refractivity contribution in [2.75, 3.05) is 45.8 Å². The lowest BCUT2D eigenvalue weighted by molar-refractivity contribution is -0.136. The highest BCUT2D eigenvalue weighted by Gasteiger charge is 2.29. The van der Waals surface area contributed by atoms with Crippen LogP contribution in [0.2, 0.25) is 0 Å². The molecule has 0 N–H and O–H groups in total. The highest BCUT2D eigenvalue weighted by molar-refractivity contribution is 9.11. The number of piperazine rings is 1. The zero-order chi connectivity index (χ0) is 13.8. The van der Waals surface area contributed by atoms with Crippen molar-refractivity contribution in [2.24, 2.45) is 0 Å². The van der Waals surface area contributed by atoms with Crippen LogP contribution in [-0.2, 0) is 4.79 Å². The molecule has 0 unspecified atom stereocenters. The molecule has 0 radical (unpaired) electrons. The van der Waals surface area contributed by atoms with Crippen LogP contribution in [0.5, 0.6) is 0 Å². The summed E-state index contributed by atoms with van der Waals surface area (Å²) in [6, 6.07) is 0.0346. The second-order valence-electron chi connectivity index (χ2n) is 5.54. The van der Waals surface area contributed by atoms with Crippen molar-refractivity contribution in [2.45, 2.75) is 25.8 Å². The third kappa shape index (κ3) is 4.04. The second-order valence-corrected chi connectivity index (χ2v) is 6.66. The molecule has 0 bridgehead atoms. The molecular weight excluding hydrogens is 306 g/mol. The summed E-state index contributed by atoms with van der Waals surface area (Å²) in [5.41, 5.74) is 0. The molecule has 2 rings (SSSR count). The summed E-state index contributed by atoms with van der Waals surface area (Å²) in [5.74, 6) is 0.316. The van der Waals surface area contributed by atoms with E-state index >= 15 is 0 Å². The Bertz CT molecular complexity index is 334. The Morgan fingerprint density at radius 2 is 1.74 bits per heavy atom. The normalized spacial score (nSPS) is 23.6. The van der Waals surface area contributed by atoms with Crippen LogP contribution in [0.4, 0.5) is 0 Å². The fraction of sp³-hybridized carbons (Fsp3) is 0.786. The number of likely N-dealkylation sites (tertiary alicyclic amines) is 1. The molecule has 2 saturated heterocycles. The van der Waals surface area contributed by atoms with Gasteiger partial charge < -0.3 is 4.90 Å². The maximum absolute atomic E-state index is 12.4. The highest BCUT2D eigenvalue weighted by atomic mass is 79.9. The average molecular weight is 330 g/mol. The first-order chi connectivity index (χ1) is 9.08. The summed E-state index contributed by atoms with van der Waals surface area (Å²) in [7, 11) is 0. The van der Waals surface area contributed by atoms with Crippen LogP contribution >= 0.6 is 15.9 Å². The molecule has 0 aromatic heterocycles. The van der Waals surface area contributed by atoms with Gasteiger partial charge in [0, 0.05) is 50.3 Å². The predicted molar refractivity (Wildman–Crippen MR) is 81.4 cm³/mol. The van der Waals surface area contributed by atoms with Crippen LogP contribution in [-0.4, -0.2) is 72.5 Å². The summed E-state index contributed by atoms with van der Waals surface area (Å²) >= 11 is 3.41. The van der Waals surface area contributed by atoms with E-state index in [1.54, 1.807) is 0 Å². The largest absolute Gasteiger partial charge is 0.341 e. The first-order valence-corrected chi connectivity index (χ1v) is 7.95. The van der Waals surface area contributed by atoms with Gasteiger partial charge in [-0.1, -0.05) is 22.5 Å². The van der Waals surface area contributed by atoms with Crippen LogP contribution in [0, 0.1) is 0 Å². The molecule has 2 aliphatic heterocycles. The lowest BCUT2D eigenvalue weighted by Gasteiger charge is -2.38. The first-order valence-electron chi connectivity index (χ1n) is 7.16. The van der Waals surface area contributed by atoms with Gasteiger partial charge >= 0.3 is 0 Å². The standard InChI is InChI=1S/C14H24BrN3O/c1-12(15)11-16-7-9-17(10-8-16)13(2)14(19)18-5-3-4-6-18/h13H,1,3-11H2,2H3/t13-/m0/s1. The fourth-order valence-electron chi connectivity index (χ4n) is 2.91. The molecule has 1 amide bonds. The maximum Gasteiger partial charge on any atom is 0.239 e. The van der Waals surface area contributed by atoms with Gasteiger partial charge in [0.15, 0.2) is 0 Å². The molecule has 5 heteroatoms. The Morgan fingerprint density at radius 1 is 1.16 bits per heavy atom. The molecule has 2 fully saturated rings. The highest BCUT2D eigenvalue weighted by Crippen LogP contribution is 2.14. The van der Waals surface area contributed by atoms with E-state index in [4.69, 9.17) is 0 Å². The number of halogens is 1. The molecular formula is C14H24BrN3O. The molecule has 0 aliphatic carbocycles. The van der Waals surface area contributed by atoms with Gasteiger partial charge in [-0.3, -0.25) is 14.6 Å². The van der Waals surface area contributed by atoms with E-state index in [0.29, 0.717) is 5.91 Å². The first kappa shape index (κ1) is 15.0. The second kappa shape index (κ2) is 6.86. The molecule has 0 aromatic rings. The van der Waals surface area contributed by atoms with Gasteiger partial charge in [0.2, 0.25) is 5.91 Å². The third-order valence-electron chi connectivity index (χ3n) is 4.12. The number of hydrogen-bond acceptors (Lipinski definition) is 3. The van der Waals surface area contributed by atoms with Crippen LogP contribution in [0.15, 0.2) is 11.1 Å². The molecule has 4 nitrogen and oxygen atoms in total. The molecule has 0 aromatic carbocycles. The van der Waals surface area contributed by atoms with E-state index in [1.807, 2.05) is 4.90 Å². The molecule has 2 aliphatic rings. The molecule has 19 heavy (non-hydrogen) atoms. The summed E-state index contributed by atoms with van der Waals surface area (Å²) in [6.07, 6.45) is 2.33. The van der Waals surface area contributed by atoms with Gasteiger partial charge in [0.25, 0.3) is 0 Å². The number of nitrogens with zero attached hydrogens (tertiary/aromatic N) is 3. The number of carbonyl (C=O) groups is 1. The van der Waals surface area contributed by atoms with Crippen molar-refractivity contribution in [1.29, 1.82) is 0 Å². The monoisotopic (exact) mass is 329 g/mol. The van der Waals surface area contributed by atoms with Crippen molar-refractivity contribution < 1.29 is 4.79 Å². The van der Waals surface area contributed by atoms with Gasteiger partial charge in [0.1, 0.15) is 0 Å². The van der Waals surface area contributed by atoms with Crippen LogP contribution in [0.3, 0.4) is 0 Å². The van der Waals surface area contributed by atoms with E-state index in [1.165, 1.54) is 12.8 Å². The summed E-state index contributed by atoms with van der Waals surface area (Å²) < 4.78 is 1.03. The molecule has 2 heterocycles. The number of amides is 1. The van der Waals surface area contributed by atoms with E-state index in [2.05, 4.69) is 39.2 Å². The van der Waals surface area contributed by atoms with E-state index in [0.717, 1.165) is 50.3 Å². The number of hydrogen-bond donors (Lipinski definition) is 0. The summed E-state index contributed by atoms with van der Waals surface area (Å²) in [5, 5.41) is 0. The maximum atomic E-state index is 12.4. The predicted octanol–water partition coefficient (Wildman–Crippen LogP) is 1.52. The zero-order valence-electron chi connectivity index (χ0n) is 11.8. The van der Waals surface area contributed by atoms with Crippen LogP contribution in [0.1, 0.15) is 19.8 Å². The van der Waals surface area contributed by atoms with Gasteiger partial charge in [-0.25, -0.2) is 0 Å². The minimum Gasteiger partial charge on any atom is -0.341 e. The Hall–Kier alpha value is -0.390. The van der Waals surface area contributed by atoms with Gasteiger partial charge in [-0.05, 0) is 19.8 Å². The molecule has 0 spiro atoms. The Balaban J connectivity index is 1.79. The SMILES string of the molecule is C=C(Br)CN1CCN([C@@H](C)C(=O)N2CCCC2)CC1. The van der Waals surface area contributed by atoms with E-state index in [9.17, 15) is 4.79 Å². The van der Waals surface area contributed by atoms with Gasteiger partial charge in [0.05, 0.1) is 6.04 Å². The Labute approximate surface area is 124 Å². The van der Waals surface area contributed by atoms with E-state index in [-0.39, 0.29) is 6.04 Å².